The summed E-state index contributed by atoms with van der Waals surface area (Å²) in [4.78, 5) is 4.93. The number of methoxy groups -OCH3 is 1. The minimum atomic E-state index is 0.509. The molecule has 0 amide bonds. The fraction of sp³-hybridized carbons (Fsp3) is 0.400. The van der Waals surface area contributed by atoms with E-state index in [9.17, 15) is 0 Å². The van der Waals surface area contributed by atoms with Crippen LogP contribution in [0.2, 0.25) is 0 Å². The van der Waals surface area contributed by atoms with Crippen LogP contribution in [0.1, 0.15) is 12.1 Å². The first-order valence-electron chi connectivity index (χ1n) is 4.35. The molecule has 1 rings (SSSR count). The molecule has 0 bridgehead atoms. The van der Waals surface area contributed by atoms with Gasteiger partial charge in [0, 0.05) is 30.6 Å². The summed E-state index contributed by atoms with van der Waals surface area (Å²) >= 11 is 1.65. The van der Waals surface area contributed by atoms with Gasteiger partial charge in [-0.15, -0.1) is 11.8 Å². The lowest BCUT2D eigenvalue weighted by molar-refractivity contribution is 0.200. The maximum atomic E-state index is 8.77. The second-order valence-corrected chi connectivity index (χ2v) is 3.79. The molecule has 1 aromatic heterocycles. The summed E-state index contributed by atoms with van der Waals surface area (Å²) < 4.78 is 4.94. The number of rotatable bonds is 5. The van der Waals surface area contributed by atoms with Crippen molar-refractivity contribution in [2.75, 3.05) is 19.5 Å². The minimum absolute atomic E-state index is 0.509. The molecule has 0 radical (unpaired) electrons. The standard InChI is InChI=1S/C10H12N2OS/c1-13-6-3-7-14-10-4-2-5-12-9(10)8-11/h2,4-5H,3,6-7H2,1H3. The van der Waals surface area contributed by atoms with Gasteiger partial charge in [-0.25, -0.2) is 4.98 Å². The molecule has 0 aliphatic carbocycles. The van der Waals surface area contributed by atoms with Crippen molar-refractivity contribution < 1.29 is 4.74 Å². The van der Waals surface area contributed by atoms with E-state index in [-0.39, 0.29) is 0 Å². The zero-order valence-electron chi connectivity index (χ0n) is 8.06. The van der Waals surface area contributed by atoms with Crippen LogP contribution in [0, 0.1) is 11.3 Å². The maximum absolute atomic E-state index is 8.77. The third-order valence-corrected chi connectivity index (χ3v) is 2.76. The van der Waals surface area contributed by atoms with Crippen molar-refractivity contribution in [2.24, 2.45) is 0 Å². The second kappa shape index (κ2) is 6.41. The lowest BCUT2D eigenvalue weighted by Gasteiger charge is -2.01. The Morgan fingerprint density at radius 3 is 3.21 bits per heavy atom. The molecule has 0 fully saturated rings. The number of nitrogens with zero attached hydrogens (tertiary/aromatic N) is 2. The molecule has 0 unspecified atom stereocenters. The Morgan fingerprint density at radius 1 is 1.64 bits per heavy atom. The number of hydrogen-bond donors (Lipinski definition) is 0. The summed E-state index contributed by atoms with van der Waals surface area (Å²) in [6.07, 6.45) is 2.62. The highest BCUT2D eigenvalue weighted by Crippen LogP contribution is 2.20. The molecule has 0 aliphatic rings. The van der Waals surface area contributed by atoms with Gasteiger partial charge in [0.15, 0.2) is 5.69 Å². The van der Waals surface area contributed by atoms with E-state index >= 15 is 0 Å². The molecular formula is C10H12N2OS. The van der Waals surface area contributed by atoms with Crippen LogP contribution < -0.4 is 0 Å². The van der Waals surface area contributed by atoms with E-state index in [1.165, 1.54) is 0 Å². The van der Waals surface area contributed by atoms with Crippen LogP contribution in [-0.4, -0.2) is 24.5 Å². The predicted octanol–water partition coefficient (Wildman–Crippen LogP) is 2.08. The molecule has 4 heteroatoms. The number of pyridine rings is 1. The number of hydrogen-bond acceptors (Lipinski definition) is 4. The van der Waals surface area contributed by atoms with Gasteiger partial charge < -0.3 is 4.74 Å². The third kappa shape index (κ3) is 3.36. The van der Waals surface area contributed by atoms with Crippen LogP contribution in [-0.2, 0) is 4.74 Å². The summed E-state index contributed by atoms with van der Waals surface area (Å²) in [5, 5.41) is 8.77. The van der Waals surface area contributed by atoms with Crippen molar-refractivity contribution in [3.05, 3.63) is 24.0 Å². The molecule has 1 heterocycles. The Labute approximate surface area is 88.1 Å². The van der Waals surface area contributed by atoms with E-state index in [2.05, 4.69) is 11.1 Å². The highest BCUT2D eigenvalue weighted by Gasteiger charge is 2.01. The zero-order chi connectivity index (χ0) is 10.2. The molecule has 0 atom stereocenters. The number of thioether (sulfide) groups is 1. The maximum Gasteiger partial charge on any atom is 0.153 e. The summed E-state index contributed by atoms with van der Waals surface area (Å²) in [6, 6.07) is 5.84. The van der Waals surface area contributed by atoms with E-state index in [1.54, 1.807) is 25.1 Å². The first-order chi connectivity index (χ1) is 6.88. The quantitative estimate of drug-likeness (QED) is 0.549. The molecule has 74 valence electrons. The van der Waals surface area contributed by atoms with Gasteiger partial charge >= 0.3 is 0 Å². The first-order valence-corrected chi connectivity index (χ1v) is 5.34. The largest absolute Gasteiger partial charge is 0.385 e. The lowest BCUT2D eigenvalue weighted by Crippen LogP contribution is -1.92. The minimum Gasteiger partial charge on any atom is -0.385 e. The van der Waals surface area contributed by atoms with Crippen LogP contribution >= 0.6 is 11.8 Å². The van der Waals surface area contributed by atoms with Gasteiger partial charge in [0.05, 0.1) is 0 Å². The first kappa shape index (κ1) is 11.0. The average molecular weight is 208 g/mol. The number of nitriles is 1. The van der Waals surface area contributed by atoms with Crippen molar-refractivity contribution in [2.45, 2.75) is 11.3 Å². The fourth-order valence-corrected chi connectivity index (χ4v) is 1.87. The second-order valence-electron chi connectivity index (χ2n) is 2.66. The van der Waals surface area contributed by atoms with Crippen LogP contribution in [0.4, 0.5) is 0 Å². The van der Waals surface area contributed by atoms with Gasteiger partial charge in [0.2, 0.25) is 0 Å². The van der Waals surface area contributed by atoms with Crippen LogP contribution in [0.25, 0.3) is 0 Å². The Kier molecular flexibility index (Phi) is 5.05. The Morgan fingerprint density at radius 2 is 2.50 bits per heavy atom. The van der Waals surface area contributed by atoms with Gasteiger partial charge in [-0.05, 0) is 18.6 Å². The molecule has 14 heavy (non-hydrogen) atoms. The molecular weight excluding hydrogens is 196 g/mol. The van der Waals surface area contributed by atoms with Crippen LogP contribution in [0.3, 0.4) is 0 Å². The smallest absolute Gasteiger partial charge is 0.153 e. The van der Waals surface area contributed by atoms with Gasteiger partial charge in [-0.2, -0.15) is 5.26 Å². The van der Waals surface area contributed by atoms with Crippen molar-refractivity contribution >= 4 is 11.8 Å². The normalized spacial score (nSPS) is 9.71. The third-order valence-electron chi connectivity index (χ3n) is 1.63. The van der Waals surface area contributed by atoms with Crippen molar-refractivity contribution in [3.63, 3.8) is 0 Å². The van der Waals surface area contributed by atoms with Crippen molar-refractivity contribution in [3.8, 4) is 6.07 Å². The molecule has 0 saturated carbocycles. The summed E-state index contributed by atoms with van der Waals surface area (Å²) in [5.41, 5.74) is 0.509. The number of ether oxygens (including phenoxy) is 1. The van der Waals surface area contributed by atoms with E-state index in [1.807, 2.05) is 12.1 Å². The van der Waals surface area contributed by atoms with E-state index in [4.69, 9.17) is 10.00 Å². The molecule has 0 aromatic carbocycles. The Hall–Kier alpha value is -1.05. The van der Waals surface area contributed by atoms with Crippen molar-refractivity contribution in [1.82, 2.24) is 4.98 Å². The Bertz CT molecular complexity index is 322. The van der Waals surface area contributed by atoms with Gasteiger partial charge in [0.1, 0.15) is 6.07 Å². The molecule has 0 N–H and O–H groups in total. The van der Waals surface area contributed by atoms with E-state index in [0.717, 1.165) is 23.7 Å². The molecule has 0 spiro atoms. The van der Waals surface area contributed by atoms with Crippen LogP contribution in [0.5, 0.6) is 0 Å². The lowest BCUT2D eigenvalue weighted by atomic mass is 10.4. The van der Waals surface area contributed by atoms with E-state index in [0.29, 0.717) is 5.69 Å². The highest BCUT2D eigenvalue weighted by molar-refractivity contribution is 7.99. The molecule has 0 aliphatic heterocycles. The fourth-order valence-electron chi connectivity index (χ4n) is 0.976. The molecule has 1 aromatic rings. The van der Waals surface area contributed by atoms with Crippen LogP contribution in [0.15, 0.2) is 23.2 Å². The number of aromatic nitrogens is 1. The van der Waals surface area contributed by atoms with Crippen molar-refractivity contribution in [1.29, 1.82) is 5.26 Å². The summed E-state index contributed by atoms with van der Waals surface area (Å²) in [6.45, 7) is 0.759. The Balaban J connectivity index is 2.46. The summed E-state index contributed by atoms with van der Waals surface area (Å²) in [7, 11) is 1.69. The monoisotopic (exact) mass is 208 g/mol. The molecule has 3 nitrogen and oxygen atoms in total. The topological polar surface area (TPSA) is 45.9 Å². The summed E-state index contributed by atoms with van der Waals surface area (Å²) in [5.74, 6) is 0.953. The van der Waals surface area contributed by atoms with Gasteiger partial charge in [-0.3, -0.25) is 0 Å². The molecule has 0 saturated heterocycles. The van der Waals surface area contributed by atoms with Gasteiger partial charge in [0.25, 0.3) is 0 Å². The highest BCUT2D eigenvalue weighted by atomic mass is 32.2. The average Bonchev–Trinajstić information content (AvgIpc) is 2.25. The van der Waals surface area contributed by atoms with Gasteiger partial charge in [-0.1, -0.05) is 0 Å². The van der Waals surface area contributed by atoms with E-state index < -0.39 is 0 Å². The zero-order valence-corrected chi connectivity index (χ0v) is 8.88. The SMILES string of the molecule is COCCCSc1cccnc1C#N. The predicted molar refractivity (Wildman–Crippen MR) is 56.2 cm³/mol.